The van der Waals surface area contributed by atoms with Gasteiger partial charge in [0.25, 0.3) is 0 Å². The minimum atomic E-state index is -0.579. The summed E-state index contributed by atoms with van der Waals surface area (Å²) < 4.78 is 11.4. The molecule has 1 fully saturated rings. The number of hydrogen-bond donors (Lipinski definition) is 1. The molecule has 2 aliphatic rings. The molecule has 3 atom stereocenters. The molecule has 200 valence electrons. The lowest BCUT2D eigenvalue weighted by atomic mass is 9.66. The molecule has 1 aliphatic heterocycles. The van der Waals surface area contributed by atoms with Gasteiger partial charge in [0.2, 0.25) is 0 Å². The summed E-state index contributed by atoms with van der Waals surface area (Å²) >= 11 is 0. The molecule has 1 aliphatic carbocycles. The second-order valence-electron chi connectivity index (χ2n) is 10.1. The van der Waals surface area contributed by atoms with Gasteiger partial charge in [-0.05, 0) is 55.0 Å². The third kappa shape index (κ3) is 5.65. The van der Waals surface area contributed by atoms with Crippen LogP contribution in [0.25, 0.3) is 0 Å². The number of fused-ring (bicyclic) bond motifs is 1. The molecule has 1 heterocycles. The van der Waals surface area contributed by atoms with E-state index in [-0.39, 0.29) is 24.1 Å². The van der Waals surface area contributed by atoms with Crippen LogP contribution in [0, 0.1) is 5.92 Å². The smallest absolute Gasteiger partial charge is 0.336 e. The van der Waals surface area contributed by atoms with Gasteiger partial charge in [-0.15, -0.1) is 0 Å². The molecule has 3 aromatic rings. The van der Waals surface area contributed by atoms with Crippen molar-refractivity contribution in [2.75, 3.05) is 13.2 Å². The van der Waals surface area contributed by atoms with E-state index in [4.69, 9.17) is 14.5 Å². The van der Waals surface area contributed by atoms with Gasteiger partial charge < -0.3 is 14.6 Å². The molecule has 3 aromatic carbocycles. The molecule has 0 bridgehead atoms. The molecule has 6 heteroatoms. The van der Waals surface area contributed by atoms with E-state index in [0.717, 1.165) is 22.4 Å². The molecule has 1 N–H and O–H groups in total. The van der Waals surface area contributed by atoms with Crippen LogP contribution in [-0.2, 0) is 20.7 Å². The lowest BCUT2D eigenvalue weighted by molar-refractivity contribution is -0.139. The first kappa shape index (κ1) is 26.4. The lowest BCUT2D eigenvalue weighted by Gasteiger charge is -2.38. The third-order valence-corrected chi connectivity index (χ3v) is 7.55. The maximum Gasteiger partial charge on any atom is 0.336 e. The highest BCUT2D eigenvalue weighted by atomic mass is 16.5. The van der Waals surface area contributed by atoms with Crippen molar-refractivity contribution in [3.05, 3.63) is 107 Å². The summed E-state index contributed by atoms with van der Waals surface area (Å²) in [5.74, 6) is -1.21. The van der Waals surface area contributed by atoms with Crippen LogP contribution in [0.5, 0.6) is 11.5 Å². The number of allylic oxidation sites excluding steroid dienone is 1. The van der Waals surface area contributed by atoms with Gasteiger partial charge in [-0.1, -0.05) is 66.7 Å². The van der Waals surface area contributed by atoms with Gasteiger partial charge in [0, 0.05) is 30.2 Å². The van der Waals surface area contributed by atoms with Crippen LogP contribution in [0.3, 0.4) is 0 Å². The summed E-state index contributed by atoms with van der Waals surface area (Å²) in [7, 11) is 0. The molecule has 5 rings (SSSR count). The largest absolute Gasteiger partial charge is 0.504 e. The second kappa shape index (κ2) is 11.7. The number of benzene rings is 3. The van der Waals surface area contributed by atoms with Crippen LogP contribution in [0.15, 0.2) is 95.1 Å². The number of carbonyl (C=O) groups excluding carboxylic acids is 2. The number of carbonyl (C=O) groups is 2. The number of aromatic hydroxyl groups is 1. The Morgan fingerprint density at radius 3 is 2.38 bits per heavy atom. The number of phenolic OH excluding ortho intramolecular Hbond substituents is 1. The fourth-order valence-electron chi connectivity index (χ4n) is 5.74. The Morgan fingerprint density at radius 2 is 1.67 bits per heavy atom. The predicted octanol–water partition coefficient (Wildman–Crippen LogP) is 6.15. The standard InChI is InChI=1S/C33H33NO5/c1-3-38-29-20-24(14-15-27(29)35)31-30(33(37)39-17-16-22-10-6-4-7-11-22)21(2)34-26-18-25(19-28(36)32(26)31)23-12-8-5-9-13-23/h4-15,20,25,31-32,35H,3,16-19H2,1-2H3/t25-,31+,32?/m1/s1. The molecule has 6 nitrogen and oxygen atoms in total. The van der Waals surface area contributed by atoms with Gasteiger partial charge in [0.1, 0.15) is 5.78 Å². The first-order valence-corrected chi connectivity index (χ1v) is 13.5. The van der Waals surface area contributed by atoms with E-state index >= 15 is 0 Å². The van der Waals surface area contributed by atoms with Crippen molar-refractivity contribution in [2.24, 2.45) is 10.9 Å². The van der Waals surface area contributed by atoms with E-state index < -0.39 is 17.8 Å². The predicted molar refractivity (Wildman–Crippen MR) is 150 cm³/mol. The average molecular weight is 524 g/mol. The van der Waals surface area contributed by atoms with Crippen LogP contribution in [-0.4, -0.2) is 35.8 Å². The van der Waals surface area contributed by atoms with Gasteiger partial charge in [-0.2, -0.15) is 0 Å². The number of phenols is 1. The van der Waals surface area contributed by atoms with Crippen LogP contribution in [0.1, 0.15) is 55.2 Å². The summed E-state index contributed by atoms with van der Waals surface area (Å²) in [6.45, 7) is 4.24. The van der Waals surface area contributed by atoms with Crippen LogP contribution >= 0.6 is 0 Å². The minimum absolute atomic E-state index is 0.0112. The topological polar surface area (TPSA) is 85.2 Å². The molecule has 39 heavy (non-hydrogen) atoms. The minimum Gasteiger partial charge on any atom is -0.504 e. The monoisotopic (exact) mass is 523 g/mol. The molecule has 0 amide bonds. The van der Waals surface area contributed by atoms with Gasteiger partial charge >= 0.3 is 5.97 Å². The van der Waals surface area contributed by atoms with Crippen molar-refractivity contribution < 1.29 is 24.2 Å². The van der Waals surface area contributed by atoms with Crippen molar-refractivity contribution in [1.82, 2.24) is 0 Å². The second-order valence-corrected chi connectivity index (χ2v) is 10.1. The molecular weight excluding hydrogens is 490 g/mol. The Balaban J connectivity index is 1.50. The van der Waals surface area contributed by atoms with Crippen LogP contribution < -0.4 is 4.74 Å². The van der Waals surface area contributed by atoms with E-state index in [1.54, 1.807) is 18.2 Å². The zero-order valence-electron chi connectivity index (χ0n) is 22.3. The van der Waals surface area contributed by atoms with Crippen LogP contribution in [0.4, 0.5) is 0 Å². The molecular formula is C33H33NO5. The zero-order valence-corrected chi connectivity index (χ0v) is 22.3. The summed E-state index contributed by atoms with van der Waals surface area (Å²) in [5, 5.41) is 10.3. The lowest BCUT2D eigenvalue weighted by Crippen LogP contribution is -2.41. The van der Waals surface area contributed by atoms with E-state index in [9.17, 15) is 14.7 Å². The van der Waals surface area contributed by atoms with E-state index in [1.807, 2.05) is 74.5 Å². The van der Waals surface area contributed by atoms with Crippen molar-refractivity contribution in [2.45, 2.75) is 44.9 Å². The number of Topliss-reactive ketones (excluding diaryl/α,β-unsaturated/α-hetero) is 1. The molecule has 0 radical (unpaired) electrons. The first-order valence-electron chi connectivity index (χ1n) is 13.5. The highest BCUT2D eigenvalue weighted by Gasteiger charge is 2.46. The SMILES string of the molecule is CCOc1cc([C@H]2C(C(=O)OCCc3ccccc3)=C(C)N=C3C[C@@H](c4ccccc4)CC(=O)C32)ccc1O. The zero-order chi connectivity index (χ0) is 27.4. The maximum atomic E-state index is 13.8. The normalized spacial score (nSPS) is 20.7. The Kier molecular flexibility index (Phi) is 7.92. The van der Waals surface area contributed by atoms with Gasteiger partial charge in [0.15, 0.2) is 11.5 Å². The molecule has 0 saturated heterocycles. The fourth-order valence-corrected chi connectivity index (χ4v) is 5.74. The molecule has 1 unspecified atom stereocenters. The van der Waals surface area contributed by atoms with Gasteiger partial charge in [-0.25, -0.2) is 4.79 Å². The summed E-state index contributed by atoms with van der Waals surface area (Å²) in [5.41, 5.74) is 4.63. The summed E-state index contributed by atoms with van der Waals surface area (Å²) in [6, 6.07) is 24.9. The van der Waals surface area contributed by atoms with E-state index in [2.05, 4.69) is 0 Å². The molecule has 0 aromatic heterocycles. The Hall–Kier alpha value is -4.19. The number of ketones is 1. The Bertz CT molecular complexity index is 1410. The van der Waals surface area contributed by atoms with Crippen molar-refractivity contribution >= 4 is 17.5 Å². The Labute approximate surface area is 229 Å². The summed E-state index contributed by atoms with van der Waals surface area (Å²) in [6.07, 6.45) is 1.60. The van der Waals surface area contributed by atoms with Crippen molar-refractivity contribution in [3.63, 3.8) is 0 Å². The van der Waals surface area contributed by atoms with E-state index in [0.29, 0.717) is 42.9 Å². The Morgan fingerprint density at radius 1 is 0.949 bits per heavy atom. The first-order chi connectivity index (χ1) is 19.0. The van der Waals surface area contributed by atoms with Crippen molar-refractivity contribution in [3.8, 4) is 11.5 Å². The fraction of sp³-hybridized carbons (Fsp3) is 0.303. The van der Waals surface area contributed by atoms with Crippen molar-refractivity contribution in [1.29, 1.82) is 0 Å². The highest BCUT2D eigenvalue weighted by molar-refractivity contribution is 6.12. The van der Waals surface area contributed by atoms with Gasteiger partial charge in [-0.3, -0.25) is 9.79 Å². The quantitative estimate of drug-likeness (QED) is 0.358. The number of hydrogen-bond acceptors (Lipinski definition) is 6. The average Bonchev–Trinajstić information content (AvgIpc) is 2.94. The number of aliphatic imine (C=N–C) groups is 1. The summed E-state index contributed by atoms with van der Waals surface area (Å²) in [4.78, 5) is 32.2. The number of ether oxygens (including phenoxy) is 2. The maximum absolute atomic E-state index is 13.8. The number of esters is 1. The molecule has 1 saturated carbocycles. The van der Waals surface area contributed by atoms with Gasteiger partial charge in [0.05, 0.1) is 24.7 Å². The number of rotatable bonds is 8. The molecule has 0 spiro atoms. The third-order valence-electron chi connectivity index (χ3n) is 7.55. The van der Waals surface area contributed by atoms with Crippen LogP contribution in [0.2, 0.25) is 0 Å². The highest BCUT2D eigenvalue weighted by Crippen LogP contribution is 2.47. The van der Waals surface area contributed by atoms with E-state index in [1.165, 1.54) is 0 Å². The number of nitrogens with zero attached hydrogens (tertiary/aromatic N) is 1.